The van der Waals surface area contributed by atoms with Gasteiger partial charge in [0.25, 0.3) is 0 Å². The zero-order valence-electron chi connectivity index (χ0n) is 7.27. The van der Waals surface area contributed by atoms with Gasteiger partial charge in [-0.05, 0) is 6.92 Å². The maximum absolute atomic E-state index is 11.1. The van der Waals surface area contributed by atoms with Gasteiger partial charge in [0.1, 0.15) is 6.54 Å². The van der Waals surface area contributed by atoms with Gasteiger partial charge in [-0.2, -0.15) is 0 Å². The van der Waals surface area contributed by atoms with Crippen molar-refractivity contribution < 1.29 is 9.28 Å². The minimum Gasteiger partial charge on any atom is -0.249 e. The van der Waals surface area contributed by atoms with Crippen LogP contribution in [-0.2, 0) is 4.79 Å². The van der Waals surface area contributed by atoms with Crippen molar-refractivity contribution in [2.45, 2.75) is 32.7 Å². The Kier molecular flexibility index (Phi) is 1.40. The number of amides is 1. The molecule has 0 bridgehead atoms. The maximum atomic E-state index is 11.1. The summed E-state index contributed by atoms with van der Waals surface area (Å²) < 4.78 is 0.642. The second kappa shape index (κ2) is 1.82. The van der Waals surface area contributed by atoms with Crippen LogP contribution in [0.2, 0.25) is 0 Å². The Hall–Kier alpha value is -0.370. The number of nitrogens with zero attached hydrogens (tertiary/aromatic N) is 1. The molecule has 2 heteroatoms. The number of quaternary nitrogens is 1. The average molecular weight is 142 g/mol. The molecule has 1 heterocycles. The van der Waals surface area contributed by atoms with Crippen LogP contribution in [0.25, 0.3) is 0 Å². The molecule has 0 aromatic rings. The fraction of sp³-hybridized carbons (Fsp3) is 0.875. The fourth-order valence-corrected chi connectivity index (χ4v) is 1.60. The normalized spacial score (nSPS) is 45.2. The Labute approximate surface area is 62.4 Å². The van der Waals surface area contributed by atoms with Crippen LogP contribution < -0.4 is 0 Å². The van der Waals surface area contributed by atoms with E-state index in [1.54, 1.807) is 6.92 Å². The molecule has 2 atom stereocenters. The first-order valence-electron chi connectivity index (χ1n) is 3.83. The molecule has 1 fully saturated rings. The first kappa shape index (κ1) is 7.73. The Morgan fingerprint density at radius 2 is 2.20 bits per heavy atom. The number of likely N-dealkylation sites (N-methyl/N-ethyl adjacent to an activating group) is 1. The van der Waals surface area contributed by atoms with E-state index in [0.29, 0.717) is 10.4 Å². The zero-order valence-corrected chi connectivity index (χ0v) is 7.27. The third-order valence-electron chi connectivity index (χ3n) is 3.20. The molecule has 2 nitrogen and oxygen atoms in total. The van der Waals surface area contributed by atoms with Gasteiger partial charge in [-0.3, -0.25) is 0 Å². The van der Waals surface area contributed by atoms with Gasteiger partial charge in [0.2, 0.25) is 0 Å². The van der Waals surface area contributed by atoms with Crippen LogP contribution in [0.5, 0.6) is 0 Å². The van der Waals surface area contributed by atoms with E-state index in [-0.39, 0.29) is 5.54 Å². The van der Waals surface area contributed by atoms with Crippen molar-refractivity contribution in [1.82, 2.24) is 0 Å². The molecule has 0 N–H and O–H groups in total. The first-order chi connectivity index (χ1) is 4.46. The standard InChI is InChI=1S/C8H16NO/c1-5-8(3)6-9(8,4)7(2)10/h5-6H2,1-4H3/q+1. The van der Waals surface area contributed by atoms with E-state index in [1.165, 1.54) is 0 Å². The summed E-state index contributed by atoms with van der Waals surface area (Å²) >= 11 is 0. The third-order valence-corrected chi connectivity index (χ3v) is 3.20. The van der Waals surface area contributed by atoms with Crippen molar-refractivity contribution in [1.29, 1.82) is 0 Å². The highest BCUT2D eigenvalue weighted by atomic mass is 16.2. The van der Waals surface area contributed by atoms with Crippen molar-refractivity contribution >= 4 is 5.91 Å². The van der Waals surface area contributed by atoms with E-state index >= 15 is 0 Å². The van der Waals surface area contributed by atoms with Crippen LogP contribution in [-0.4, -0.2) is 29.5 Å². The molecule has 1 aliphatic rings. The SMILES string of the molecule is CCC1(C)C[N+]1(C)C(C)=O. The molecule has 1 amide bonds. The lowest BCUT2D eigenvalue weighted by Gasteiger charge is -2.13. The van der Waals surface area contributed by atoms with E-state index in [4.69, 9.17) is 0 Å². The number of hydrogen-bond acceptors (Lipinski definition) is 1. The quantitative estimate of drug-likeness (QED) is 0.396. The molecule has 0 saturated carbocycles. The van der Waals surface area contributed by atoms with Crippen LogP contribution in [0.4, 0.5) is 0 Å². The van der Waals surface area contributed by atoms with Gasteiger partial charge >= 0.3 is 5.91 Å². The van der Waals surface area contributed by atoms with Crippen LogP contribution in [0.15, 0.2) is 0 Å². The van der Waals surface area contributed by atoms with Crippen molar-refractivity contribution in [2.24, 2.45) is 0 Å². The van der Waals surface area contributed by atoms with Crippen LogP contribution in [0.3, 0.4) is 0 Å². The lowest BCUT2D eigenvalue weighted by Crippen LogP contribution is -2.34. The molecule has 0 radical (unpaired) electrons. The Balaban J connectivity index is 2.72. The summed E-state index contributed by atoms with van der Waals surface area (Å²) in [5.41, 5.74) is 0.256. The lowest BCUT2D eigenvalue weighted by atomic mass is 10.1. The predicted octanol–water partition coefficient (Wildman–Crippen LogP) is 1.16. The molecule has 1 rings (SSSR count). The lowest BCUT2D eigenvalue weighted by molar-refractivity contribution is -0.726. The number of carbonyl (C=O) groups excluding carboxylic acids is 1. The molecule has 0 spiro atoms. The smallest absolute Gasteiger partial charge is 0.249 e. The average Bonchev–Trinajstić information content (AvgIpc) is 2.39. The maximum Gasteiger partial charge on any atom is 0.311 e. The van der Waals surface area contributed by atoms with Gasteiger partial charge in [-0.1, -0.05) is 6.92 Å². The Morgan fingerprint density at radius 3 is 2.30 bits per heavy atom. The molecular weight excluding hydrogens is 126 g/mol. The Morgan fingerprint density at radius 1 is 1.70 bits per heavy atom. The number of rotatable bonds is 1. The fourth-order valence-electron chi connectivity index (χ4n) is 1.60. The van der Waals surface area contributed by atoms with E-state index in [1.807, 2.05) is 7.05 Å². The molecule has 0 aromatic carbocycles. The minimum absolute atomic E-state index is 0.256. The van der Waals surface area contributed by atoms with Gasteiger partial charge in [0.15, 0.2) is 5.54 Å². The molecule has 58 valence electrons. The molecule has 1 aliphatic heterocycles. The Bertz CT molecular complexity index is 178. The van der Waals surface area contributed by atoms with Crippen LogP contribution in [0.1, 0.15) is 27.2 Å². The summed E-state index contributed by atoms with van der Waals surface area (Å²) in [5, 5.41) is 0. The summed E-state index contributed by atoms with van der Waals surface area (Å²) in [6.07, 6.45) is 1.10. The van der Waals surface area contributed by atoms with Crippen molar-refractivity contribution in [3.63, 3.8) is 0 Å². The van der Waals surface area contributed by atoms with Gasteiger partial charge in [0.05, 0.1) is 14.0 Å². The second-order valence-electron chi connectivity index (χ2n) is 3.72. The minimum atomic E-state index is 0.256. The van der Waals surface area contributed by atoms with Gasteiger partial charge in [0, 0.05) is 6.42 Å². The van der Waals surface area contributed by atoms with E-state index < -0.39 is 0 Å². The summed E-state index contributed by atoms with van der Waals surface area (Å²) in [7, 11) is 2.02. The third kappa shape index (κ3) is 0.717. The molecule has 10 heavy (non-hydrogen) atoms. The first-order valence-corrected chi connectivity index (χ1v) is 3.83. The van der Waals surface area contributed by atoms with E-state index in [9.17, 15) is 4.79 Å². The monoisotopic (exact) mass is 142 g/mol. The largest absolute Gasteiger partial charge is 0.311 e. The van der Waals surface area contributed by atoms with Crippen molar-refractivity contribution in [3.8, 4) is 0 Å². The summed E-state index contributed by atoms with van der Waals surface area (Å²) in [4.78, 5) is 11.1. The molecular formula is C8H16NO+. The van der Waals surface area contributed by atoms with Gasteiger partial charge < -0.3 is 0 Å². The predicted molar refractivity (Wildman–Crippen MR) is 40.4 cm³/mol. The molecule has 0 aliphatic carbocycles. The zero-order chi connectivity index (χ0) is 7.99. The van der Waals surface area contributed by atoms with Crippen molar-refractivity contribution in [2.75, 3.05) is 13.6 Å². The van der Waals surface area contributed by atoms with Gasteiger partial charge in [-0.15, -0.1) is 0 Å². The summed E-state index contributed by atoms with van der Waals surface area (Å²) in [6.45, 7) is 7.03. The van der Waals surface area contributed by atoms with Crippen molar-refractivity contribution in [3.05, 3.63) is 0 Å². The molecule has 0 aromatic heterocycles. The number of hydrogen-bond donors (Lipinski definition) is 0. The highest BCUT2D eigenvalue weighted by Gasteiger charge is 2.65. The molecule has 1 saturated heterocycles. The van der Waals surface area contributed by atoms with E-state index in [0.717, 1.165) is 13.0 Å². The summed E-state index contributed by atoms with van der Waals surface area (Å²) in [5.74, 6) is 0.296. The highest BCUT2D eigenvalue weighted by Crippen LogP contribution is 2.42. The summed E-state index contributed by atoms with van der Waals surface area (Å²) in [6, 6.07) is 0. The second-order valence-corrected chi connectivity index (χ2v) is 3.72. The highest BCUT2D eigenvalue weighted by molar-refractivity contribution is 5.68. The van der Waals surface area contributed by atoms with Gasteiger partial charge in [-0.25, -0.2) is 9.28 Å². The van der Waals surface area contributed by atoms with Crippen LogP contribution in [0, 0.1) is 0 Å². The van der Waals surface area contributed by atoms with Crippen LogP contribution >= 0.6 is 0 Å². The topological polar surface area (TPSA) is 17.1 Å². The van der Waals surface area contributed by atoms with E-state index in [2.05, 4.69) is 13.8 Å². The molecule has 2 unspecified atom stereocenters. The number of carbonyl (C=O) groups is 1.